The molecule has 0 radical (unpaired) electrons. The molecule has 3 aromatic carbocycles. The van der Waals surface area contributed by atoms with Crippen molar-refractivity contribution < 1.29 is 13.9 Å². The van der Waals surface area contributed by atoms with Gasteiger partial charge in [-0.15, -0.1) is 0 Å². The van der Waals surface area contributed by atoms with Crippen molar-refractivity contribution in [1.29, 1.82) is 0 Å². The number of ether oxygens (including phenoxy) is 1. The predicted octanol–water partition coefficient (Wildman–Crippen LogP) is 5.63. The van der Waals surface area contributed by atoms with Crippen LogP contribution in [0, 0.1) is 12.8 Å². The van der Waals surface area contributed by atoms with Gasteiger partial charge in [0, 0.05) is 18.7 Å². The lowest BCUT2D eigenvalue weighted by Crippen LogP contribution is -2.39. The van der Waals surface area contributed by atoms with Crippen LogP contribution in [0.15, 0.2) is 60.7 Å². The first-order chi connectivity index (χ1) is 16.4. The molecule has 1 amide bonds. The fourth-order valence-electron chi connectivity index (χ4n) is 5.37. The molecule has 1 saturated carbocycles. The van der Waals surface area contributed by atoms with Crippen molar-refractivity contribution >= 4 is 16.7 Å². The molecule has 34 heavy (non-hydrogen) atoms. The highest BCUT2D eigenvalue weighted by Gasteiger charge is 2.46. The van der Waals surface area contributed by atoms with E-state index in [4.69, 9.17) is 4.74 Å². The number of rotatable bonds is 7. The van der Waals surface area contributed by atoms with Crippen LogP contribution in [-0.4, -0.2) is 43.7 Å². The van der Waals surface area contributed by atoms with Crippen LogP contribution in [0.4, 0.5) is 4.39 Å². The molecule has 178 valence electrons. The Labute approximate surface area is 201 Å². The Bertz CT molecular complexity index is 1170. The lowest BCUT2D eigenvalue weighted by atomic mass is 9.94. The van der Waals surface area contributed by atoms with Crippen molar-refractivity contribution in [2.24, 2.45) is 5.92 Å². The smallest absolute Gasteiger partial charge is 0.252 e. The summed E-state index contributed by atoms with van der Waals surface area (Å²) in [6.07, 6.45) is 2.53. The quantitative estimate of drug-likeness (QED) is 0.497. The molecule has 1 aliphatic heterocycles. The second-order valence-electron chi connectivity index (χ2n) is 10.1. The van der Waals surface area contributed by atoms with Gasteiger partial charge in [0.15, 0.2) is 0 Å². The van der Waals surface area contributed by atoms with Gasteiger partial charge in [0.25, 0.3) is 5.91 Å². The molecule has 1 aliphatic carbocycles. The Kier molecular flexibility index (Phi) is 6.30. The normalized spacial score (nSPS) is 21.9. The van der Waals surface area contributed by atoms with E-state index in [0.717, 1.165) is 31.4 Å². The zero-order valence-corrected chi connectivity index (χ0v) is 20.0. The van der Waals surface area contributed by atoms with E-state index in [1.165, 1.54) is 16.3 Å². The average molecular weight is 461 g/mol. The Morgan fingerprint density at radius 2 is 1.91 bits per heavy atom. The molecule has 1 heterocycles. The fraction of sp³-hybridized carbons (Fsp3) is 0.414. The van der Waals surface area contributed by atoms with Gasteiger partial charge in [0.1, 0.15) is 11.9 Å². The van der Waals surface area contributed by atoms with Crippen molar-refractivity contribution in [2.75, 3.05) is 26.7 Å². The van der Waals surface area contributed by atoms with Gasteiger partial charge in [-0.05, 0) is 79.6 Å². The number of likely N-dealkylation sites (tertiary alicyclic amines) is 1. The number of hydrogen-bond donors (Lipinski definition) is 1. The summed E-state index contributed by atoms with van der Waals surface area (Å²) in [5, 5.41) is 5.72. The summed E-state index contributed by atoms with van der Waals surface area (Å²) in [6.45, 7) is 3.90. The average Bonchev–Trinajstić information content (AvgIpc) is 3.59. The van der Waals surface area contributed by atoms with E-state index >= 15 is 0 Å². The molecule has 0 spiro atoms. The molecule has 5 rings (SSSR count). The number of carbonyl (C=O) groups excluding carboxylic acids is 1. The van der Waals surface area contributed by atoms with E-state index in [2.05, 4.69) is 40.5 Å². The minimum atomic E-state index is -0.755. The van der Waals surface area contributed by atoms with Crippen LogP contribution in [0.1, 0.15) is 47.2 Å². The number of carbonyl (C=O) groups is 1. The van der Waals surface area contributed by atoms with Crippen molar-refractivity contribution in [2.45, 2.75) is 44.3 Å². The highest BCUT2D eigenvalue weighted by molar-refractivity contribution is 5.97. The third-order valence-corrected chi connectivity index (χ3v) is 7.33. The van der Waals surface area contributed by atoms with Crippen LogP contribution in [-0.2, 0) is 5.54 Å². The fourth-order valence-corrected chi connectivity index (χ4v) is 5.37. The number of aryl methyl sites for hydroxylation is 1. The number of halogens is 1. The highest BCUT2D eigenvalue weighted by Crippen LogP contribution is 2.48. The maximum atomic E-state index is 13.8. The summed E-state index contributed by atoms with van der Waals surface area (Å²) in [4.78, 5) is 15.4. The van der Waals surface area contributed by atoms with Gasteiger partial charge in [-0.1, -0.05) is 48.5 Å². The highest BCUT2D eigenvalue weighted by atomic mass is 19.1. The second kappa shape index (κ2) is 9.38. The Morgan fingerprint density at radius 1 is 1.12 bits per heavy atom. The van der Waals surface area contributed by atoms with Crippen LogP contribution >= 0.6 is 0 Å². The molecule has 2 atom stereocenters. The molecule has 5 heteroatoms. The van der Waals surface area contributed by atoms with Crippen LogP contribution in [0.25, 0.3) is 10.8 Å². The van der Waals surface area contributed by atoms with E-state index in [1.54, 1.807) is 0 Å². The van der Waals surface area contributed by atoms with Crippen molar-refractivity contribution in [3.8, 4) is 5.75 Å². The number of piperidine rings is 1. The Morgan fingerprint density at radius 3 is 2.71 bits per heavy atom. The molecule has 2 aliphatic rings. The number of nitrogens with one attached hydrogen (secondary N) is 1. The minimum absolute atomic E-state index is 0.0671. The Balaban J connectivity index is 1.27. The summed E-state index contributed by atoms with van der Waals surface area (Å²) in [7, 11) is 1.97. The number of alkyl halides is 1. The van der Waals surface area contributed by atoms with E-state index < -0.39 is 6.17 Å². The number of hydrogen-bond acceptors (Lipinski definition) is 3. The van der Waals surface area contributed by atoms with Gasteiger partial charge in [-0.25, -0.2) is 4.39 Å². The van der Waals surface area contributed by atoms with Gasteiger partial charge in [0.2, 0.25) is 0 Å². The van der Waals surface area contributed by atoms with Crippen molar-refractivity contribution in [3.05, 3.63) is 77.4 Å². The first-order valence-corrected chi connectivity index (χ1v) is 12.3. The van der Waals surface area contributed by atoms with Crippen LogP contribution in [0.5, 0.6) is 5.75 Å². The van der Waals surface area contributed by atoms with Gasteiger partial charge in [-0.2, -0.15) is 0 Å². The molecular formula is C29H33FN2O2. The molecule has 4 nitrogen and oxygen atoms in total. The number of amides is 1. The summed E-state index contributed by atoms with van der Waals surface area (Å²) < 4.78 is 19.8. The van der Waals surface area contributed by atoms with E-state index in [0.29, 0.717) is 36.8 Å². The van der Waals surface area contributed by atoms with Crippen molar-refractivity contribution in [3.63, 3.8) is 0 Å². The summed E-state index contributed by atoms with van der Waals surface area (Å²) in [5.41, 5.74) is 2.45. The maximum Gasteiger partial charge on any atom is 0.252 e. The lowest BCUT2D eigenvalue weighted by molar-refractivity contribution is 0.0928. The molecular weight excluding hydrogens is 427 g/mol. The minimum Gasteiger partial charge on any atom is -0.494 e. The zero-order valence-electron chi connectivity index (χ0n) is 20.0. The molecule has 0 aromatic heterocycles. The molecule has 3 aromatic rings. The molecule has 1 N–H and O–H groups in total. The topological polar surface area (TPSA) is 41.6 Å². The zero-order chi connectivity index (χ0) is 23.7. The SMILES string of the molecule is Cc1ccc(OCCC2C[C@@H](F)CN(C)C2)cc1C(=O)NC1(c2cccc3ccccc23)CC1. The standard InChI is InChI=1S/C29H33FN2O2/c1-20-10-11-24(34-15-12-21-16-23(30)19-32(2)18-21)17-26(20)28(33)31-29(13-14-29)27-9-5-7-22-6-3-4-8-25(22)27/h3-11,17,21,23H,12-16,18-19H2,1-2H3,(H,31,33)/t21?,23-/m1/s1. The predicted molar refractivity (Wildman–Crippen MR) is 134 cm³/mol. The third kappa shape index (κ3) is 4.80. The van der Waals surface area contributed by atoms with Crippen LogP contribution < -0.4 is 10.1 Å². The second-order valence-corrected chi connectivity index (χ2v) is 10.1. The van der Waals surface area contributed by atoms with Gasteiger partial charge in [0.05, 0.1) is 12.1 Å². The summed E-state index contributed by atoms with van der Waals surface area (Å²) >= 11 is 0. The molecule has 1 saturated heterocycles. The largest absolute Gasteiger partial charge is 0.494 e. The lowest BCUT2D eigenvalue weighted by Gasteiger charge is -2.31. The Hall–Kier alpha value is -2.92. The summed E-state index contributed by atoms with van der Waals surface area (Å²) in [6, 6.07) is 20.3. The van der Waals surface area contributed by atoms with Gasteiger partial charge >= 0.3 is 0 Å². The van der Waals surface area contributed by atoms with E-state index in [1.807, 2.05) is 44.3 Å². The van der Waals surface area contributed by atoms with Crippen molar-refractivity contribution in [1.82, 2.24) is 10.2 Å². The number of benzene rings is 3. The first-order valence-electron chi connectivity index (χ1n) is 12.3. The van der Waals surface area contributed by atoms with Crippen LogP contribution in [0.3, 0.4) is 0 Å². The third-order valence-electron chi connectivity index (χ3n) is 7.33. The van der Waals surface area contributed by atoms with E-state index in [9.17, 15) is 9.18 Å². The monoisotopic (exact) mass is 460 g/mol. The van der Waals surface area contributed by atoms with Gasteiger partial charge < -0.3 is 15.0 Å². The maximum absolute atomic E-state index is 13.8. The first kappa shape index (κ1) is 22.9. The summed E-state index contributed by atoms with van der Waals surface area (Å²) in [5.74, 6) is 0.923. The van der Waals surface area contributed by atoms with Crippen LogP contribution in [0.2, 0.25) is 0 Å². The van der Waals surface area contributed by atoms with Gasteiger partial charge in [-0.3, -0.25) is 4.79 Å². The molecule has 2 fully saturated rings. The number of nitrogens with zero attached hydrogens (tertiary/aromatic N) is 1. The van der Waals surface area contributed by atoms with E-state index in [-0.39, 0.29) is 11.4 Å². The molecule has 0 bridgehead atoms. The molecule has 1 unspecified atom stereocenters. The number of fused-ring (bicyclic) bond motifs is 1.